The molecule has 0 aliphatic rings. The van der Waals surface area contributed by atoms with E-state index >= 15 is 0 Å². The molecule has 0 aromatic heterocycles. The molecule has 0 aliphatic heterocycles. The fraction of sp³-hybridized carbons (Fsp3) is 0.143. The van der Waals surface area contributed by atoms with Crippen LogP contribution in [0, 0.1) is 6.92 Å². The topological polar surface area (TPSA) is 29.5 Å². The van der Waals surface area contributed by atoms with Crippen molar-refractivity contribution < 1.29 is 9.84 Å². The van der Waals surface area contributed by atoms with Gasteiger partial charge >= 0.3 is 0 Å². The van der Waals surface area contributed by atoms with Crippen LogP contribution in [0.3, 0.4) is 0 Å². The third-order valence-corrected chi connectivity index (χ3v) is 3.33. The van der Waals surface area contributed by atoms with E-state index in [2.05, 4.69) is 35.0 Å². The highest BCUT2D eigenvalue weighted by atomic mass is 79.9. The van der Waals surface area contributed by atoms with Gasteiger partial charge in [0, 0.05) is 4.47 Å². The van der Waals surface area contributed by atoms with Gasteiger partial charge in [-0.05, 0) is 48.4 Å². The number of hydrogen-bond acceptors (Lipinski definition) is 2. The Morgan fingerprint density at radius 1 is 1.12 bits per heavy atom. The molecule has 0 atom stereocenters. The molecule has 17 heavy (non-hydrogen) atoms. The predicted octanol–water partition coefficient (Wildman–Crippen LogP) is 4.04. The molecule has 0 saturated carbocycles. The first-order valence-corrected chi connectivity index (χ1v) is 6.11. The molecule has 0 amide bonds. The van der Waals surface area contributed by atoms with Gasteiger partial charge in [-0.2, -0.15) is 0 Å². The lowest BCUT2D eigenvalue weighted by Crippen LogP contribution is -1.95. The minimum absolute atomic E-state index is 0.246. The van der Waals surface area contributed by atoms with Crippen molar-refractivity contribution in [3.8, 4) is 11.5 Å². The van der Waals surface area contributed by atoms with Gasteiger partial charge in [0.2, 0.25) is 0 Å². The summed E-state index contributed by atoms with van der Waals surface area (Å²) in [5, 5.41) is 9.15. The zero-order chi connectivity index (χ0) is 12.3. The molecule has 2 nitrogen and oxygen atoms in total. The number of phenols is 1. The lowest BCUT2D eigenvalue weighted by atomic mass is 10.2. The number of hydrogen-bond donors (Lipinski definition) is 1. The summed E-state index contributed by atoms with van der Waals surface area (Å²) >= 11 is 3.49. The standard InChI is InChI=1S/C14H13BrO2/c1-10-2-3-11(8-14(10)15)9-17-13-6-4-12(16)5-7-13/h2-8,16H,9H2,1H3. The molecule has 0 aliphatic carbocycles. The zero-order valence-electron chi connectivity index (χ0n) is 9.48. The molecule has 0 bridgehead atoms. The van der Waals surface area contributed by atoms with Crippen LogP contribution in [0.1, 0.15) is 11.1 Å². The van der Waals surface area contributed by atoms with E-state index in [9.17, 15) is 0 Å². The third kappa shape index (κ3) is 3.24. The van der Waals surface area contributed by atoms with Crippen LogP contribution in [0.2, 0.25) is 0 Å². The summed E-state index contributed by atoms with van der Waals surface area (Å²) in [5.41, 5.74) is 2.31. The molecule has 0 unspecified atom stereocenters. The molecule has 1 N–H and O–H groups in total. The van der Waals surface area contributed by atoms with E-state index in [1.807, 2.05) is 6.07 Å². The smallest absolute Gasteiger partial charge is 0.120 e. The molecule has 88 valence electrons. The highest BCUT2D eigenvalue weighted by Crippen LogP contribution is 2.20. The van der Waals surface area contributed by atoms with Gasteiger partial charge in [0.05, 0.1) is 0 Å². The van der Waals surface area contributed by atoms with Crippen LogP contribution in [-0.2, 0) is 6.61 Å². The van der Waals surface area contributed by atoms with Crippen LogP contribution in [-0.4, -0.2) is 5.11 Å². The third-order valence-electron chi connectivity index (χ3n) is 2.48. The Morgan fingerprint density at radius 3 is 2.47 bits per heavy atom. The van der Waals surface area contributed by atoms with Crippen molar-refractivity contribution in [1.29, 1.82) is 0 Å². The highest BCUT2D eigenvalue weighted by molar-refractivity contribution is 9.10. The average Bonchev–Trinajstić information content (AvgIpc) is 2.33. The second kappa shape index (κ2) is 5.23. The Labute approximate surface area is 109 Å². The number of phenolic OH excluding ortho intramolecular Hbond substituents is 1. The number of rotatable bonds is 3. The summed E-state index contributed by atoms with van der Waals surface area (Å²) in [5.74, 6) is 0.995. The minimum Gasteiger partial charge on any atom is -0.508 e. The zero-order valence-corrected chi connectivity index (χ0v) is 11.1. The number of aromatic hydroxyl groups is 1. The summed E-state index contributed by atoms with van der Waals surface area (Å²) < 4.78 is 6.70. The summed E-state index contributed by atoms with van der Waals surface area (Å²) in [6.45, 7) is 2.57. The Morgan fingerprint density at radius 2 is 1.82 bits per heavy atom. The largest absolute Gasteiger partial charge is 0.508 e. The maximum absolute atomic E-state index is 9.15. The second-order valence-corrected chi connectivity index (χ2v) is 4.72. The molecule has 2 rings (SSSR count). The van der Waals surface area contributed by atoms with Crippen molar-refractivity contribution in [3.05, 3.63) is 58.1 Å². The Hall–Kier alpha value is -1.48. The minimum atomic E-state index is 0.246. The van der Waals surface area contributed by atoms with Gasteiger partial charge in [-0.25, -0.2) is 0 Å². The Bertz CT molecular complexity index is 506. The van der Waals surface area contributed by atoms with E-state index in [1.165, 1.54) is 5.56 Å². The van der Waals surface area contributed by atoms with Crippen molar-refractivity contribution in [1.82, 2.24) is 0 Å². The molecular weight excluding hydrogens is 280 g/mol. The highest BCUT2D eigenvalue weighted by Gasteiger charge is 1.99. The predicted molar refractivity (Wildman–Crippen MR) is 71.3 cm³/mol. The maximum atomic E-state index is 9.15. The first-order chi connectivity index (χ1) is 8.15. The quantitative estimate of drug-likeness (QED) is 0.925. The van der Waals surface area contributed by atoms with Crippen LogP contribution >= 0.6 is 15.9 Å². The number of halogens is 1. The van der Waals surface area contributed by atoms with Crippen molar-refractivity contribution >= 4 is 15.9 Å². The lowest BCUT2D eigenvalue weighted by Gasteiger charge is -2.07. The average molecular weight is 293 g/mol. The van der Waals surface area contributed by atoms with Crippen molar-refractivity contribution in [2.24, 2.45) is 0 Å². The van der Waals surface area contributed by atoms with Crippen molar-refractivity contribution in [3.63, 3.8) is 0 Å². The fourth-order valence-electron chi connectivity index (χ4n) is 1.44. The van der Waals surface area contributed by atoms with Gasteiger partial charge in [-0.1, -0.05) is 28.1 Å². The SMILES string of the molecule is Cc1ccc(COc2ccc(O)cc2)cc1Br. The number of benzene rings is 2. The molecule has 3 heteroatoms. The van der Waals surface area contributed by atoms with E-state index in [-0.39, 0.29) is 5.75 Å². The van der Waals surface area contributed by atoms with Crippen LogP contribution in [0.5, 0.6) is 11.5 Å². The Balaban J connectivity index is 2.02. The molecule has 0 fully saturated rings. The fourth-order valence-corrected chi connectivity index (χ4v) is 1.86. The van der Waals surface area contributed by atoms with E-state index < -0.39 is 0 Å². The van der Waals surface area contributed by atoms with Crippen LogP contribution in [0.15, 0.2) is 46.9 Å². The molecule has 2 aromatic rings. The van der Waals surface area contributed by atoms with Crippen molar-refractivity contribution in [2.45, 2.75) is 13.5 Å². The van der Waals surface area contributed by atoms with E-state index in [0.29, 0.717) is 6.61 Å². The lowest BCUT2D eigenvalue weighted by molar-refractivity contribution is 0.305. The molecule has 0 spiro atoms. The van der Waals surface area contributed by atoms with Crippen LogP contribution in [0.4, 0.5) is 0 Å². The van der Waals surface area contributed by atoms with E-state index in [4.69, 9.17) is 9.84 Å². The van der Waals surface area contributed by atoms with E-state index in [0.717, 1.165) is 15.8 Å². The van der Waals surface area contributed by atoms with Gasteiger partial charge in [0.25, 0.3) is 0 Å². The van der Waals surface area contributed by atoms with Gasteiger partial charge in [0.1, 0.15) is 18.1 Å². The van der Waals surface area contributed by atoms with Crippen LogP contribution in [0.25, 0.3) is 0 Å². The first-order valence-electron chi connectivity index (χ1n) is 5.32. The number of ether oxygens (including phenoxy) is 1. The molecule has 0 heterocycles. The normalized spacial score (nSPS) is 10.2. The molecular formula is C14H13BrO2. The summed E-state index contributed by atoms with van der Waals surface area (Å²) in [7, 11) is 0. The molecule has 0 radical (unpaired) electrons. The van der Waals surface area contributed by atoms with Gasteiger partial charge in [0.15, 0.2) is 0 Å². The molecule has 2 aromatic carbocycles. The molecule has 0 saturated heterocycles. The van der Waals surface area contributed by atoms with Gasteiger partial charge < -0.3 is 9.84 Å². The second-order valence-electron chi connectivity index (χ2n) is 3.87. The van der Waals surface area contributed by atoms with E-state index in [1.54, 1.807) is 24.3 Å². The van der Waals surface area contributed by atoms with Crippen LogP contribution < -0.4 is 4.74 Å². The van der Waals surface area contributed by atoms with Gasteiger partial charge in [-0.3, -0.25) is 0 Å². The summed E-state index contributed by atoms with van der Waals surface area (Å²) in [6, 6.07) is 12.9. The van der Waals surface area contributed by atoms with Gasteiger partial charge in [-0.15, -0.1) is 0 Å². The Kier molecular flexibility index (Phi) is 3.69. The van der Waals surface area contributed by atoms with Crippen molar-refractivity contribution in [2.75, 3.05) is 0 Å². The summed E-state index contributed by atoms with van der Waals surface area (Å²) in [6.07, 6.45) is 0. The maximum Gasteiger partial charge on any atom is 0.120 e. The first kappa shape index (κ1) is 12.0. The monoisotopic (exact) mass is 292 g/mol. The number of aryl methyl sites for hydroxylation is 1. The summed E-state index contributed by atoms with van der Waals surface area (Å²) in [4.78, 5) is 0.